The Balaban J connectivity index is 2.49. The summed E-state index contributed by atoms with van der Waals surface area (Å²) in [5.74, 6) is -0.389. The Hall–Kier alpha value is -2.29. The van der Waals surface area contributed by atoms with E-state index in [1.165, 1.54) is 18.5 Å². The van der Waals surface area contributed by atoms with E-state index in [9.17, 15) is 14.5 Å². The van der Waals surface area contributed by atoms with Gasteiger partial charge in [-0.1, -0.05) is 15.9 Å². The molecule has 0 aliphatic carbocycles. The molecule has 0 radical (unpaired) electrons. The first kappa shape index (κ1) is 17.1. The van der Waals surface area contributed by atoms with Gasteiger partial charge in [0, 0.05) is 17.6 Å². The van der Waals surface area contributed by atoms with E-state index in [2.05, 4.69) is 31.2 Å². The standard InChI is InChI=1S/C14H15BrFN5O2/c1-3-20(4-2)14-12(21(22)23)13(17-8-18-14)19-11-6-5-9(15)7-10(11)16/h5-8H,3-4H2,1-2H3,(H,17,18,19). The topological polar surface area (TPSA) is 84.2 Å². The van der Waals surface area contributed by atoms with Crippen LogP contribution in [0.2, 0.25) is 0 Å². The summed E-state index contributed by atoms with van der Waals surface area (Å²) in [7, 11) is 0. The number of aromatic nitrogens is 2. The van der Waals surface area contributed by atoms with Gasteiger partial charge in [0.15, 0.2) is 0 Å². The molecule has 1 aromatic carbocycles. The summed E-state index contributed by atoms with van der Waals surface area (Å²) in [6, 6.07) is 4.37. The van der Waals surface area contributed by atoms with E-state index < -0.39 is 10.7 Å². The number of nitrogens with one attached hydrogen (secondary N) is 1. The van der Waals surface area contributed by atoms with Crippen molar-refractivity contribution >= 4 is 38.9 Å². The molecular formula is C14H15BrFN5O2. The number of hydrogen-bond acceptors (Lipinski definition) is 6. The number of halogens is 2. The van der Waals surface area contributed by atoms with Gasteiger partial charge in [0.05, 0.1) is 10.6 Å². The molecule has 7 nitrogen and oxygen atoms in total. The molecule has 0 unspecified atom stereocenters. The fourth-order valence-electron chi connectivity index (χ4n) is 2.10. The van der Waals surface area contributed by atoms with Gasteiger partial charge in [-0.05, 0) is 32.0 Å². The average molecular weight is 384 g/mol. The van der Waals surface area contributed by atoms with Crippen LogP contribution in [-0.2, 0) is 0 Å². The highest BCUT2D eigenvalue weighted by Gasteiger charge is 2.26. The third-order valence-electron chi connectivity index (χ3n) is 3.23. The van der Waals surface area contributed by atoms with Crippen LogP contribution in [0, 0.1) is 15.9 Å². The third-order valence-corrected chi connectivity index (χ3v) is 3.73. The van der Waals surface area contributed by atoms with Crippen molar-refractivity contribution in [3.8, 4) is 0 Å². The zero-order valence-corrected chi connectivity index (χ0v) is 14.2. The molecule has 0 atom stereocenters. The van der Waals surface area contributed by atoms with Crippen molar-refractivity contribution in [1.29, 1.82) is 0 Å². The number of nitrogens with zero attached hydrogens (tertiary/aromatic N) is 4. The lowest BCUT2D eigenvalue weighted by Gasteiger charge is -2.20. The van der Waals surface area contributed by atoms with Crippen molar-refractivity contribution in [2.24, 2.45) is 0 Å². The van der Waals surface area contributed by atoms with Gasteiger partial charge in [0.1, 0.15) is 12.1 Å². The molecule has 23 heavy (non-hydrogen) atoms. The van der Waals surface area contributed by atoms with Crippen molar-refractivity contribution in [3.05, 3.63) is 44.9 Å². The Morgan fingerprint density at radius 1 is 1.35 bits per heavy atom. The molecule has 0 saturated carbocycles. The molecule has 0 aliphatic rings. The first-order chi connectivity index (χ1) is 11.0. The lowest BCUT2D eigenvalue weighted by Crippen LogP contribution is -2.24. The van der Waals surface area contributed by atoms with Gasteiger partial charge in [0.25, 0.3) is 0 Å². The average Bonchev–Trinajstić information content (AvgIpc) is 2.51. The van der Waals surface area contributed by atoms with E-state index >= 15 is 0 Å². The van der Waals surface area contributed by atoms with E-state index in [0.717, 1.165) is 0 Å². The van der Waals surface area contributed by atoms with E-state index in [1.54, 1.807) is 11.0 Å². The molecule has 0 amide bonds. The number of anilines is 3. The van der Waals surface area contributed by atoms with Crippen molar-refractivity contribution in [3.63, 3.8) is 0 Å². The van der Waals surface area contributed by atoms with Gasteiger partial charge < -0.3 is 10.2 Å². The van der Waals surface area contributed by atoms with Gasteiger partial charge in [-0.3, -0.25) is 10.1 Å². The summed E-state index contributed by atoms with van der Waals surface area (Å²) in [5.41, 5.74) is -0.181. The molecule has 0 spiro atoms. The van der Waals surface area contributed by atoms with Crippen LogP contribution < -0.4 is 10.2 Å². The minimum atomic E-state index is -0.563. The summed E-state index contributed by atoms with van der Waals surface area (Å²) in [6.07, 6.45) is 1.22. The van der Waals surface area contributed by atoms with Crippen molar-refractivity contribution < 1.29 is 9.31 Å². The van der Waals surface area contributed by atoms with Crippen LogP contribution in [-0.4, -0.2) is 28.0 Å². The van der Waals surface area contributed by atoms with Crippen LogP contribution >= 0.6 is 15.9 Å². The molecule has 9 heteroatoms. The van der Waals surface area contributed by atoms with Gasteiger partial charge in [-0.2, -0.15) is 0 Å². The zero-order valence-electron chi connectivity index (χ0n) is 12.6. The summed E-state index contributed by atoms with van der Waals surface area (Å²) in [4.78, 5) is 20.6. The maximum absolute atomic E-state index is 13.9. The summed E-state index contributed by atoms with van der Waals surface area (Å²) >= 11 is 3.16. The molecule has 1 aromatic heterocycles. The van der Waals surface area contributed by atoms with Crippen molar-refractivity contribution in [2.45, 2.75) is 13.8 Å². The molecule has 2 rings (SSSR count). The zero-order chi connectivity index (χ0) is 17.0. The summed E-state index contributed by atoms with van der Waals surface area (Å²) in [6.45, 7) is 4.86. The number of nitro groups is 1. The van der Waals surface area contributed by atoms with Gasteiger partial charge in [0.2, 0.25) is 11.6 Å². The van der Waals surface area contributed by atoms with Crippen LogP contribution in [0.15, 0.2) is 29.0 Å². The van der Waals surface area contributed by atoms with Crippen molar-refractivity contribution in [2.75, 3.05) is 23.3 Å². The van der Waals surface area contributed by atoms with Crippen LogP contribution in [0.25, 0.3) is 0 Å². The van der Waals surface area contributed by atoms with Gasteiger partial charge in [-0.25, -0.2) is 14.4 Å². The maximum Gasteiger partial charge on any atom is 0.353 e. The molecule has 0 aliphatic heterocycles. The summed E-state index contributed by atoms with van der Waals surface area (Å²) in [5, 5.41) is 14.1. The Morgan fingerprint density at radius 2 is 2.04 bits per heavy atom. The highest BCUT2D eigenvalue weighted by atomic mass is 79.9. The lowest BCUT2D eigenvalue weighted by atomic mass is 10.3. The van der Waals surface area contributed by atoms with Crippen molar-refractivity contribution in [1.82, 2.24) is 9.97 Å². The molecule has 122 valence electrons. The predicted molar refractivity (Wildman–Crippen MR) is 89.6 cm³/mol. The minimum absolute atomic E-state index is 0.0480. The molecular weight excluding hydrogens is 369 g/mol. The molecule has 2 aromatic rings. The lowest BCUT2D eigenvalue weighted by molar-refractivity contribution is -0.383. The van der Waals surface area contributed by atoms with Crippen LogP contribution in [0.4, 0.5) is 27.4 Å². The molecule has 0 fully saturated rings. The quantitative estimate of drug-likeness (QED) is 0.601. The third kappa shape index (κ3) is 3.73. The van der Waals surface area contributed by atoms with E-state index in [-0.39, 0.29) is 23.0 Å². The Labute approximate surface area is 140 Å². The van der Waals surface area contributed by atoms with Crippen LogP contribution in [0.5, 0.6) is 0 Å². The predicted octanol–water partition coefficient (Wildman–Crippen LogP) is 3.88. The molecule has 0 saturated heterocycles. The highest BCUT2D eigenvalue weighted by Crippen LogP contribution is 2.34. The Morgan fingerprint density at radius 3 is 2.61 bits per heavy atom. The first-order valence-corrected chi connectivity index (χ1v) is 7.73. The largest absolute Gasteiger partial charge is 0.353 e. The van der Waals surface area contributed by atoms with Gasteiger partial charge >= 0.3 is 5.69 Å². The van der Waals surface area contributed by atoms with E-state index in [0.29, 0.717) is 17.6 Å². The minimum Gasteiger partial charge on any atom is -0.351 e. The Kier molecular flexibility index (Phi) is 5.43. The van der Waals surface area contributed by atoms with E-state index in [1.807, 2.05) is 13.8 Å². The second-order valence-electron chi connectivity index (χ2n) is 4.57. The normalized spacial score (nSPS) is 10.4. The second kappa shape index (κ2) is 7.32. The maximum atomic E-state index is 13.9. The van der Waals surface area contributed by atoms with Crippen LogP contribution in [0.1, 0.15) is 13.8 Å². The first-order valence-electron chi connectivity index (χ1n) is 6.94. The number of benzene rings is 1. The van der Waals surface area contributed by atoms with E-state index in [4.69, 9.17) is 0 Å². The number of hydrogen-bond donors (Lipinski definition) is 1. The molecule has 0 bridgehead atoms. The Bertz CT molecular complexity index is 724. The fourth-order valence-corrected chi connectivity index (χ4v) is 2.44. The molecule has 1 N–H and O–H groups in total. The van der Waals surface area contributed by atoms with Crippen LogP contribution in [0.3, 0.4) is 0 Å². The SMILES string of the molecule is CCN(CC)c1ncnc(Nc2ccc(Br)cc2F)c1[N+](=O)[O-]. The second-order valence-corrected chi connectivity index (χ2v) is 5.49. The monoisotopic (exact) mass is 383 g/mol. The number of rotatable bonds is 6. The summed E-state index contributed by atoms with van der Waals surface area (Å²) < 4.78 is 14.5. The highest BCUT2D eigenvalue weighted by molar-refractivity contribution is 9.10. The molecule has 1 heterocycles. The fraction of sp³-hybridized carbons (Fsp3) is 0.286. The smallest absolute Gasteiger partial charge is 0.351 e. The van der Waals surface area contributed by atoms with Gasteiger partial charge in [-0.15, -0.1) is 0 Å².